The Morgan fingerprint density at radius 1 is 1.20 bits per heavy atom. The van der Waals surface area contributed by atoms with E-state index in [1.54, 1.807) is 12.1 Å². The summed E-state index contributed by atoms with van der Waals surface area (Å²) in [6.45, 7) is 2.25. The molecule has 0 aliphatic carbocycles. The molecule has 0 aromatic heterocycles. The molecule has 0 saturated carbocycles. The minimum Gasteiger partial charge on any atom is -0.467 e. The summed E-state index contributed by atoms with van der Waals surface area (Å²) >= 11 is 0. The lowest BCUT2D eigenvalue weighted by molar-refractivity contribution is -0.149. The molecule has 0 fully saturated rings. The van der Waals surface area contributed by atoms with Gasteiger partial charge in [-0.2, -0.15) is 0 Å². The third kappa shape index (κ3) is 2.07. The van der Waals surface area contributed by atoms with Gasteiger partial charge in [0.25, 0.3) is 11.8 Å². The quantitative estimate of drug-likeness (QED) is 0.622. The fourth-order valence-corrected chi connectivity index (χ4v) is 2.25. The number of fused-ring (bicyclic) bond motifs is 1. The molecule has 0 bridgehead atoms. The summed E-state index contributed by atoms with van der Waals surface area (Å²) in [7, 11) is 1.08. The maximum Gasteiger partial charge on any atom is 0.332 e. The SMILES string of the molecule is COC(=O)C(N1C(=O)c2ccccc2C1=O)C(C)(C)F. The van der Waals surface area contributed by atoms with Crippen molar-refractivity contribution in [2.24, 2.45) is 0 Å². The predicted molar refractivity (Wildman–Crippen MR) is 67.9 cm³/mol. The number of hydrogen-bond acceptors (Lipinski definition) is 4. The first-order chi connectivity index (χ1) is 9.29. The highest BCUT2D eigenvalue weighted by Crippen LogP contribution is 2.30. The van der Waals surface area contributed by atoms with Crippen LogP contribution in [0.15, 0.2) is 24.3 Å². The number of methoxy groups -OCH3 is 1. The molecule has 20 heavy (non-hydrogen) atoms. The van der Waals surface area contributed by atoms with Crippen LogP contribution < -0.4 is 0 Å². The number of carbonyl (C=O) groups excluding carboxylic acids is 3. The van der Waals surface area contributed by atoms with Gasteiger partial charge < -0.3 is 4.74 Å². The third-order valence-corrected chi connectivity index (χ3v) is 3.16. The smallest absolute Gasteiger partial charge is 0.332 e. The van der Waals surface area contributed by atoms with Crippen molar-refractivity contribution in [1.29, 1.82) is 0 Å². The summed E-state index contributed by atoms with van der Waals surface area (Å²) in [4.78, 5) is 36.9. The number of carbonyl (C=O) groups is 3. The van der Waals surface area contributed by atoms with Crippen LogP contribution in [0, 0.1) is 0 Å². The largest absolute Gasteiger partial charge is 0.467 e. The molecule has 106 valence electrons. The summed E-state index contributed by atoms with van der Waals surface area (Å²) < 4.78 is 18.8. The summed E-state index contributed by atoms with van der Waals surface area (Å²) in [6, 6.07) is 4.52. The van der Waals surface area contributed by atoms with E-state index in [0.29, 0.717) is 4.90 Å². The molecule has 0 spiro atoms. The molecular formula is C14H14FNO4. The number of rotatable bonds is 3. The van der Waals surface area contributed by atoms with Crippen molar-refractivity contribution in [3.05, 3.63) is 35.4 Å². The summed E-state index contributed by atoms with van der Waals surface area (Å²) in [5, 5.41) is 0. The van der Waals surface area contributed by atoms with Crippen molar-refractivity contribution in [1.82, 2.24) is 4.90 Å². The molecule has 1 aromatic carbocycles. The van der Waals surface area contributed by atoms with E-state index in [-0.39, 0.29) is 11.1 Å². The summed E-state index contributed by atoms with van der Waals surface area (Å²) in [5.74, 6) is -2.34. The van der Waals surface area contributed by atoms with Gasteiger partial charge in [-0.25, -0.2) is 9.18 Å². The fraction of sp³-hybridized carbons (Fsp3) is 0.357. The lowest BCUT2D eigenvalue weighted by atomic mass is 9.99. The van der Waals surface area contributed by atoms with Gasteiger partial charge in [-0.05, 0) is 26.0 Å². The molecule has 0 N–H and O–H groups in total. The van der Waals surface area contributed by atoms with Crippen LogP contribution in [0.3, 0.4) is 0 Å². The molecule has 2 amide bonds. The Hall–Kier alpha value is -2.24. The summed E-state index contributed by atoms with van der Waals surface area (Å²) in [5.41, 5.74) is -1.79. The van der Waals surface area contributed by atoms with E-state index in [9.17, 15) is 18.8 Å². The van der Waals surface area contributed by atoms with Gasteiger partial charge in [-0.15, -0.1) is 0 Å². The van der Waals surface area contributed by atoms with Gasteiger partial charge in [0.05, 0.1) is 18.2 Å². The Morgan fingerprint density at radius 2 is 1.65 bits per heavy atom. The lowest BCUT2D eigenvalue weighted by Gasteiger charge is -2.31. The first kappa shape index (κ1) is 14.2. The van der Waals surface area contributed by atoms with Crippen molar-refractivity contribution in [2.75, 3.05) is 7.11 Å². The Balaban J connectivity index is 2.50. The van der Waals surface area contributed by atoms with Gasteiger partial charge in [0, 0.05) is 0 Å². The van der Waals surface area contributed by atoms with Crippen LogP contribution >= 0.6 is 0 Å². The van der Waals surface area contributed by atoms with Crippen LogP contribution in [0.1, 0.15) is 34.6 Å². The second kappa shape index (κ2) is 4.70. The zero-order chi connectivity index (χ0) is 15.1. The molecule has 0 saturated heterocycles. The first-order valence-electron chi connectivity index (χ1n) is 6.02. The molecule has 1 aliphatic heterocycles. The molecule has 1 unspecified atom stereocenters. The van der Waals surface area contributed by atoms with Crippen molar-refractivity contribution < 1.29 is 23.5 Å². The van der Waals surface area contributed by atoms with E-state index in [0.717, 1.165) is 21.0 Å². The number of hydrogen-bond donors (Lipinski definition) is 0. The minimum atomic E-state index is -2.11. The second-order valence-electron chi connectivity index (χ2n) is 5.02. The standard InChI is InChI=1S/C14H14FNO4/c1-14(2,15)10(13(19)20-3)16-11(17)8-6-4-5-7-9(8)12(16)18/h4-7,10H,1-3H3. The van der Waals surface area contributed by atoms with Gasteiger partial charge in [0.15, 0.2) is 6.04 Å². The highest BCUT2D eigenvalue weighted by Gasteiger charge is 2.50. The van der Waals surface area contributed by atoms with Crippen LogP contribution in [-0.2, 0) is 9.53 Å². The number of ether oxygens (including phenoxy) is 1. The molecule has 2 rings (SSSR count). The molecule has 5 nitrogen and oxygen atoms in total. The minimum absolute atomic E-state index is 0.163. The third-order valence-electron chi connectivity index (χ3n) is 3.16. The molecule has 1 heterocycles. The van der Waals surface area contributed by atoms with E-state index in [1.807, 2.05) is 0 Å². The average molecular weight is 279 g/mol. The van der Waals surface area contributed by atoms with Crippen LogP contribution in [-0.4, -0.2) is 41.5 Å². The maximum atomic E-state index is 14.3. The number of halogens is 1. The number of nitrogens with zero attached hydrogens (tertiary/aromatic N) is 1. The molecule has 1 aromatic rings. The zero-order valence-corrected chi connectivity index (χ0v) is 11.3. The topological polar surface area (TPSA) is 63.7 Å². The van der Waals surface area contributed by atoms with Gasteiger partial charge >= 0.3 is 5.97 Å². The van der Waals surface area contributed by atoms with Crippen molar-refractivity contribution >= 4 is 17.8 Å². The highest BCUT2D eigenvalue weighted by molar-refractivity contribution is 6.22. The Kier molecular flexibility index (Phi) is 3.33. The van der Waals surface area contributed by atoms with Gasteiger partial charge in [0.1, 0.15) is 5.67 Å². The molecular weight excluding hydrogens is 265 g/mol. The van der Waals surface area contributed by atoms with E-state index in [2.05, 4.69) is 4.74 Å². The van der Waals surface area contributed by atoms with Crippen LogP contribution in [0.5, 0.6) is 0 Å². The first-order valence-corrected chi connectivity index (χ1v) is 6.02. The van der Waals surface area contributed by atoms with Gasteiger partial charge in [-0.3, -0.25) is 14.5 Å². The van der Waals surface area contributed by atoms with E-state index >= 15 is 0 Å². The Bertz CT molecular complexity index is 556. The van der Waals surface area contributed by atoms with Gasteiger partial charge in [0.2, 0.25) is 0 Å². The van der Waals surface area contributed by atoms with Crippen molar-refractivity contribution in [2.45, 2.75) is 25.6 Å². The van der Waals surface area contributed by atoms with E-state index in [1.165, 1.54) is 12.1 Å². The molecule has 0 radical (unpaired) electrons. The molecule has 1 atom stereocenters. The maximum absolute atomic E-state index is 14.3. The fourth-order valence-electron chi connectivity index (χ4n) is 2.25. The van der Waals surface area contributed by atoms with E-state index in [4.69, 9.17) is 0 Å². The normalized spacial score (nSPS) is 16.1. The Morgan fingerprint density at radius 3 is 2.00 bits per heavy atom. The number of alkyl halides is 1. The van der Waals surface area contributed by atoms with E-state index < -0.39 is 29.5 Å². The van der Waals surface area contributed by atoms with Crippen LogP contribution in [0.25, 0.3) is 0 Å². The number of benzene rings is 1. The van der Waals surface area contributed by atoms with Crippen molar-refractivity contribution in [3.8, 4) is 0 Å². The molecule has 1 aliphatic rings. The number of imide groups is 1. The second-order valence-corrected chi connectivity index (χ2v) is 5.02. The van der Waals surface area contributed by atoms with Crippen LogP contribution in [0.2, 0.25) is 0 Å². The van der Waals surface area contributed by atoms with Crippen LogP contribution in [0.4, 0.5) is 4.39 Å². The zero-order valence-electron chi connectivity index (χ0n) is 11.3. The number of esters is 1. The van der Waals surface area contributed by atoms with Gasteiger partial charge in [-0.1, -0.05) is 12.1 Å². The monoisotopic (exact) mass is 279 g/mol. The molecule has 6 heteroatoms. The number of amides is 2. The highest BCUT2D eigenvalue weighted by atomic mass is 19.1. The lowest BCUT2D eigenvalue weighted by Crippen LogP contribution is -2.54. The summed E-state index contributed by atoms with van der Waals surface area (Å²) in [6.07, 6.45) is 0. The Labute approximate surface area is 115 Å². The average Bonchev–Trinajstić information content (AvgIpc) is 2.63. The van der Waals surface area contributed by atoms with Crippen molar-refractivity contribution in [3.63, 3.8) is 0 Å². The predicted octanol–water partition coefficient (Wildman–Crippen LogP) is 1.57.